The lowest BCUT2D eigenvalue weighted by molar-refractivity contribution is 0.589. The Kier molecular flexibility index (Phi) is 7.49. The van der Waals surface area contributed by atoms with E-state index in [1.165, 1.54) is 5.56 Å². The topological polar surface area (TPSA) is 29.1 Å². The smallest absolute Gasteiger partial charge is 0.216 e. The Balaban J connectivity index is 2.01. The highest BCUT2D eigenvalue weighted by Gasteiger charge is 2.20. The van der Waals surface area contributed by atoms with Crippen molar-refractivity contribution in [2.24, 2.45) is 0 Å². The van der Waals surface area contributed by atoms with Crippen LogP contribution >= 0.6 is 30.5 Å². The predicted molar refractivity (Wildman–Crippen MR) is 137 cm³/mol. The van der Waals surface area contributed by atoms with Gasteiger partial charge in [-0.05, 0) is 34.2 Å². The van der Waals surface area contributed by atoms with Crippen LogP contribution in [0.3, 0.4) is 0 Å². The zero-order valence-electron chi connectivity index (χ0n) is 17.8. The summed E-state index contributed by atoms with van der Waals surface area (Å²) in [4.78, 5) is 0. The minimum absolute atomic E-state index is 0.0370. The van der Waals surface area contributed by atoms with Gasteiger partial charge in [-0.2, -0.15) is 0 Å². The number of rotatable bonds is 6. The number of benzene rings is 3. The van der Waals surface area contributed by atoms with Crippen molar-refractivity contribution >= 4 is 46.2 Å². The third-order valence-electron chi connectivity index (χ3n) is 4.76. The number of anilines is 1. The van der Waals surface area contributed by atoms with Gasteiger partial charge in [-0.1, -0.05) is 117 Å². The van der Waals surface area contributed by atoms with Crippen LogP contribution in [0.1, 0.15) is 37.5 Å². The normalized spacial score (nSPS) is 14.7. The van der Waals surface area contributed by atoms with Crippen molar-refractivity contribution < 1.29 is 4.57 Å². The molecule has 160 valence electrons. The fourth-order valence-corrected chi connectivity index (χ4v) is 5.88. The summed E-state index contributed by atoms with van der Waals surface area (Å²) in [5.74, 6) is 3.12. The first-order valence-electron chi connectivity index (χ1n) is 10.0. The SMILES string of the molecule is CC(C)(C)c1ccc(NP(=O)(C=C(Cl)c2ccccc2)/C=C(\Cl)c2ccccc2)cc1. The zero-order chi connectivity index (χ0) is 22.5. The van der Waals surface area contributed by atoms with Gasteiger partial charge in [0.25, 0.3) is 0 Å². The summed E-state index contributed by atoms with van der Waals surface area (Å²) < 4.78 is 14.0. The van der Waals surface area contributed by atoms with Gasteiger partial charge in [0, 0.05) is 17.3 Å². The number of halogens is 2. The van der Waals surface area contributed by atoms with Gasteiger partial charge < -0.3 is 5.09 Å². The minimum atomic E-state index is -3.28. The Morgan fingerprint density at radius 2 is 1.16 bits per heavy atom. The molecule has 3 aromatic carbocycles. The quantitative estimate of drug-likeness (QED) is 0.364. The standard InChI is InChI=1S/C26H26Cl2NOP/c1-26(2,3)22-14-16-23(17-15-22)29-31(30,18-24(27)20-10-6-4-7-11-20)19-25(28)21-12-8-5-9-13-21/h4-19H,1-3H3,(H,29,30)/b24-18-,25-19?. The van der Waals surface area contributed by atoms with Gasteiger partial charge in [-0.25, -0.2) is 0 Å². The minimum Gasteiger partial charge on any atom is -0.330 e. The fraction of sp³-hybridized carbons (Fsp3) is 0.154. The van der Waals surface area contributed by atoms with Crippen LogP contribution in [0.4, 0.5) is 5.69 Å². The van der Waals surface area contributed by atoms with Gasteiger partial charge in [0.05, 0.1) is 10.1 Å². The molecule has 0 aliphatic heterocycles. The third-order valence-corrected chi connectivity index (χ3v) is 7.61. The van der Waals surface area contributed by atoms with Crippen LogP contribution in [0.15, 0.2) is 96.6 Å². The molecule has 0 aromatic heterocycles. The summed E-state index contributed by atoms with van der Waals surface area (Å²) in [6.45, 7) is 6.47. The molecule has 0 radical (unpaired) electrons. The van der Waals surface area contributed by atoms with Crippen LogP contribution in [0, 0.1) is 0 Å². The molecular weight excluding hydrogens is 444 g/mol. The van der Waals surface area contributed by atoms with E-state index in [2.05, 4.69) is 25.9 Å². The molecule has 31 heavy (non-hydrogen) atoms. The molecule has 0 aliphatic rings. The predicted octanol–water partition coefficient (Wildman–Crippen LogP) is 9.15. The highest BCUT2D eigenvalue weighted by atomic mass is 35.5. The molecule has 0 saturated carbocycles. The van der Waals surface area contributed by atoms with Gasteiger partial charge in [0.1, 0.15) is 0 Å². The lowest BCUT2D eigenvalue weighted by Gasteiger charge is -2.20. The molecular formula is C26H26Cl2NOP. The Bertz CT molecular complexity index is 1060. The van der Waals surface area contributed by atoms with Gasteiger partial charge in [0.15, 0.2) is 0 Å². The Labute approximate surface area is 195 Å². The average molecular weight is 470 g/mol. The van der Waals surface area contributed by atoms with E-state index in [1.54, 1.807) is 11.6 Å². The third kappa shape index (κ3) is 6.61. The van der Waals surface area contributed by atoms with Crippen molar-refractivity contribution in [3.05, 3.63) is 113 Å². The van der Waals surface area contributed by atoms with Crippen molar-refractivity contribution in [3.8, 4) is 0 Å². The number of hydrogen-bond acceptors (Lipinski definition) is 1. The van der Waals surface area contributed by atoms with Crippen molar-refractivity contribution in [1.29, 1.82) is 0 Å². The first-order valence-corrected chi connectivity index (χ1v) is 12.6. The van der Waals surface area contributed by atoms with E-state index in [0.717, 1.165) is 16.8 Å². The molecule has 0 fully saturated rings. The summed E-state index contributed by atoms with van der Waals surface area (Å²) in [5.41, 5.74) is 3.55. The van der Waals surface area contributed by atoms with Gasteiger partial charge in [0.2, 0.25) is 7.29 Å². The lowest BCUT2D eigenvalue weighted by Crippen LogP contribution is -2.10. The van der Waals surface area contributed by atoms with E-state index in [9.17, 15) is 4.57 Å². The Morgan fingerprint density at radius 3 is 1.55 bits per heavy atom. The van der Waals surface area contributed by atoms with Crippen LogP contribution in [-0.4, -0.2) is 0 Å². The van der Waals surface area contributed by atoms with Crippen molar-refractivity contribution in [2.75, 3.05) is 5.09 Å². The molecule has 3 aromatic rings. The van der Waals surface area contributed by atoms with Crippen LogP contribution in [0.25, 0.3) is 10.1 Å². The van der Waals surface area contributed by atoms with Gasteiger partial charge in [-0.15, -0.1) is 0 Å². The molecule has 0 spiro atoms. The second-order valence-corrected chi connectivity index (χ2v) is 11.3. The summed E-state index contributed by atoms with van der Waals surface area (Å²) >= 11 is 13.1. The van der Waals surface area contributed by atoms with E-state index in [-0.39, 0.29) is 5.41 Å². The highest BCUT2D eigenvalue weighted by Crippen LogP contribution is 2.53. The van der Waals surface area contributed by atoms with E-state index in [0.29, 0.717) is 10.1 Å². The maximum atomic E-state index is 14.0. The largest absolute Gasteiger partial charge is 0.330 e. The van der Waals surface area contributed by atoms with Gasteiger partial charge >= 0.3 is 0 Å². The van der Waals surface area contributed by atoms with E-state index in [4.69, 9.17) is 23.2 Å². The lowest BCUT2D eigenvalue weighted by atomic mass is 9.87. The molecule has 0 amide bonds. The summed E-state index contributed by atoms with van der Waals surface area (Å²) in [5, 5.41) is 3.97. The first-order chi connectivity index (χ1) is 14.7. The Hall–Kier alpha value is -2.25. The second-order valence-electron chi connectivity index (χ2n) is 8.33. The van der Waals surface area contributed by atoms with E-state index in [1.807, 2.05) is 84.9 Å². The molecule has 1 atom stereocenters. The summed E-state index contributed by atoms with van der Waals surface area (Å²) in [6, 6.07) is 26.8. The summed E-state index contributed by atoms with van der Waals surface area (Å²) in [6.07, 6.45) is 0. The van der Waals surface area contributed by atoms with Crippen molar-refractivity contribution in [2.45, 2.75) is 26.2 Å². The zero-order valence-corrected chi connectivity index (χ0v) is 20.3. The molecule has 3 rings (SSSR count). The molecule has 0 aliphatic carbocycles. The van der Waals surface area contributed by atoms with Crippen LogP contribution < -0.4 is 5.09 Å². The number of hydrogen-bond donors (Lipinski definition) is 1. The van der Waals surface area contributed by atoms with Crippen LogP contribution in [-0.2, 0) is 9.98 Å². The molecule has 0 saturated heterocycles. The van der Waals surface area contributed by atoms with E-state index >= 15 is 0 Å². The monoisotopic (exact) mass is 469 g/mol. The Morgan fingerprint density at radius 1 is 0.742 bits per heavy atom. The van der Waals surface area contributed by atoms with Gasteiger partial charge in [-0.3, -0.25) is 4.57 Å². The average Bonchev–Trinajstić information content (AvgIpc) is 2.74. The van der Waals surface area contributed by atoms with Crippen LogP contribution in [0.2, 0.25) is 0 Å². The molecule has 1 unspecified atom stereocenters. The van der Waals surface area contributed by atoms with E-state index < -0.39 is 7.29 Å². The molecule has 1 N–H and O–H groups in total. The van der Waals surface area contributed by atoms with Crippen molar-refractivity contribution in [3.63, 3.8) is 0 Å². The molecule has 2 nitrogen and oxygen atoms in total. The molecule has 5 heteroatoms. The summed E-state index contributed by atoms with van der Waals surface area (Å²) in [7, 11) is -3.28. The van der Waals surface area contributed by atoms with Crippen molar-refractivity contribution in [1.82, 2.24) is 0 Å². The maximum absolute atomic E-state index is 14.0. The fourth-order valence-electron chi connectivity index (χ4n) is 3.03. The highest BCUT2D eigenvalue weighted by molar-refractivity contribution is 7.72. The first kappa shape index (κ1) is 23.4. The second kappa shape index (κ2) is 9.92. The van der Waals surface area contributed by atoms with Crippen LogP contribution in [0.5, 0.6) is 0 Å². The molecule has 0 bridgehead atoms. The maximum Gasteiger partial charge on any atom is 0.216 e. The number of nitrogens with one attached hydrogen (secondary N) is 1. The molecule has 0 heterocycles.